The van der Waals surface area contributed by atoms with Crippen LogP contribution >= 0.6 is 0 Å². The van der Waals surface area contributed by atoms with Gasteiger partial charge in [-0.15, -0.1) is 6.58 Å². The van der Waals surface area contributed by atoms with Gasteiger partial charge in [0.05, 0.1) is 0 Å². The van der Waals surface area contributed by atoms with Gasteiger partial charge in [-0.25, -0.2) is 0 Å². The SMILES string of the molecule is C=C(C)C[SiH](O)[SiH3]. The third kappa shape index (κ3) is 6.13. The van der Waals surface area contributed by atoms with Gasteiger partial charge in [-0.05, 0) is 13.0 Å². The van der Waals surface area contributed by atoms with E-state index in [9.17, 15) is 0 Å². The van der Waals surface area contributed by atoms with Crippen molar-refractivity contribution in [3.63, 3.8) is 0 Å². The number of rotatable bonds is 2. The van der Waals surface area contributed by atoms with Crippen LogP contribution < -0.4 is 0 Å². The van der Waals surface area contributed by atoms with Crippen molar-refractivity contribution in [2.24, 2.45) is 0 Å². The zero-order valence-electron chi connectivity index (χ0n) is 4.94. The Bertz CT molecular complexity index is 70.1. The fourth-order valence-electron chi connectivity index (χ4n) is 0.504. The molecule has 0 aliphatic carbocycles. The maximum Gasteiger partial charge on any atom is 0.153 e. The Kier molecular flexibility index (Phi) is 3.24. The molecule has 0 fully saturated rings. The fourth-order valence-corrected chi connectivity index (χ4v) is 3.60. The van der Waals surface area contributed by atoms with E-state index in [-0.39, 0.29) is 0 Å². The van der Waals surface area contributed by atoms with Gasteiger partial charge in [0.15, 0.2) is 8.56 Å². The van der Waals surface area contributed by atoms with Crippen molar-refractivity contribution >= 4 is 18.3 Å². The van der Waals surface area contributed by atoms with E-state index in [2.05, 4.69) is 6.58 Å². The highest BCUT2D eigenvalue weighted by Gasteiger charge is 1.95. The van der Waals surface area contributed by atoms with Crippen molar-refractivity contribution < 1.29 is 4.80 Å². The van der Waals surface area contributed by atoms with Gasteiger partial charge < -0.3 is 4.80 Å². The second-order valence-electron chi connectivity index (χ2n) is 2.01. The van der Waals surface area contributed by atoms with E-state index in [1.165, 1.54) is 0 Å². The molecule has 1 atom stereocenters. The first-order valence-corrected chi connectivity index (χ1v) is 8.40. The number of hydrogen-bond donors (Lipinski definition) is 1. The molecule has 0 aliphatic heterocycles. The van der Waals surface area contributed by atoms with Crippen molar-refractivity contribution in [3.8, 4) is 0 Å². The van der Waals surface area contributed by atoms with Gasteiger partial charge in [-0.2, -0.15) is 0 Å². The van der Waals surface area contributed by atoms with Crippen molar-refractivity contribution in [2.75, 3.05) is 0 Å². The van der Waals surface area contributed by atoms with Gasteiger partial charge in [0.1, 0.15) is 0 Å². The monoisotopic (exact) mass is 132 g/mol. The maximum absolute atomic E-state index is 8.86. The summed E-state index contributed by atoms with van der Waals surface area (Å²) in [6.45, 7) is 5.66. The van der Waals surface area contributed by atoms with Crippen LogP contribution in [0.3, 0.4) is 0 Å². The molecule has 42 valence electrons. The number of allylic oxidation sites excluding steroid dienone is 1. The molecule has 1 unspecified atom stereocenters. The highest BCUT2D eigenvalue weighted by atomic mass is 29.2. The minimum absolute atomic E-state index is 0.923. The lowest BCUT2D eigenvalue weighted by atomic mass is 10.4. The van der Waals surface area contributed by atoms with E-state index in [0.717, 1.165) is 21.4 Å². The van der Waals surface area contributed by atoms with Crippen molar-refractivity contribution in [3.05, 3.63) is 12.2 Å². The maximum atomic E-state index is 8.86. The largest absolute Gasteiger partial charge is 0.438 e. The zero-order valence-corrected chi connectivity index (χ0v) is 8.09. The summed E-state index contributed by atoms with van der Waals surface area (Å²) in [5.41, 5.74) is 1.13. The van der Waals surface area contributed by atoms with Gasteiger partial charge in [0.2, 0.25) is 0 Å². The van der Waals surface area contributed by atoms with Crippen LogP contribution in [0.15, 0.2) is 12.2 Å². The predicted molar refractivity (Wildman–Crippen MR) is 38.9 cm³/mol. The highest BCUT2D eigenvalue weighted by Crippen LogP contribution is 1.95. The zero-order chi connectivity index (χ0) is 5.86. The molecule has 1 nitrogen and oxygen atoms in total. The summed E-state index contributed by atoms with van der Waals surface area (Å²) in [6.07, 6.45) is 0. The average molecular weight is 132 g/mol. The van der Waals surface area contributed by atoms with E-state index in [0.29, 0.717) is 0 Å². The summed E-state index contributed by atoms with van der Waals surface area (Å²) in [7, 11) is -0.189. The molecule has 0 aromatic heterocycles. The first-order chi connectivity index (χ1) is 3.13. The Balaban J connectivity index is 3.13. The summed E-state index contributed by atoms with van der Waals surface area (Å²) in [5.74, 6) is 0. The molecule has 0 saturated carbocycles. The van der Waals surface area contributed by atoms with Crippen LogP contribution in [0.25, 0.3) is 0 Å². The second-order valence-corrected chi connectivity index (χ2v) is 8.12. The van der Waals surface area contributed by atoms with E-state index in [1.54, 1.807) is 0 Å². The molecule has 1 N–H and O–H groups in total. The molecular weight excluding hydrogens is 120 g/mol. The molecule has 0 spiro atoms. The van der Waals surface area contributed by atoms with E-state index in [4.69, 9.17) is 4.80 Å². The molecule has 3 heteroatoms. The third-order valence-electron chi connectivity index (χ3n) is 0.644. The van der Waals surface area contributed by atoms with Gasteiger partial charge >= 0.3 is 0 Å². The summed E-state index contributed by atoms with van der Waals surface area (Å²) in [5, 5.41) is 0. The molecular formula is C4H12OSi2. The Morgan fingerprint density at radius 1 is 2.00 bits per heavy atom. The van der Waals surface area contributed by atoms with Gasteiger partial charge in [-0.3, -0.25) is 0 Å². The second kappa shape index (κ2) is 3.18. The summed E-state index contributed by atoms with van der Waals surface area (Å²) < 4.78 is 0. The minimum atomic E-state index is -1.19. The van der Waals surface area contributed by atoms with Crippen LogP contribution in [0, 0.1) is 0 Å². The first-order valence-electron chi connectivity index (χ1n) is 2.45. The normalized spacial score (nSPS) is 14.0. The third-order valence-corrected chi connectivity index (χ3v) is 3.16. The van der Waals surface area contributed by atoms with Crippen molar-refractivity contribution in [1.82, 2.24) is 0 Å². The van der Waals surface area contributed by atoms with E-state index >= 15 is 0 Å². The molecule has 0 radical (unpaired) electrons. The quantitative estimate of drug-likeness (QED) is 0.383. The van der Waals surface area contributed by atoms with E-state index in [1.807, 2.05) is 6.92 Å². The van der Waals surface area contributed by atoms with Crippen LogP contribution in [0.4, 0.5) is 0 Å². The molecule has 0 saturated heterocycles. The molecule has 0 aliphatic rings. The Morgan fingerprint density at radius 2 is 2.43 bits per heavy atom. The lowest BCUT2D eigenvalue weighted by Crippen LogP contribution is -2.10. The van der Waals surface area contributed by atoms with Crippen molar-refractivity contribution in [2.45, 2.75) is 13.0 Å². The summed E-state index contributed by atoms with van der Waals surface area (Å²) in [4.78, 5) is 8.86. The Morgan fingerprint density at radius 3 is 2.43 bits per heavy atom. The number of hydrogen-bond acceptors (Lipinski definition) is 1. The lowest BCUT2D eigenvalue weighted by molar-refractivity contribution is 0.595. The van der Waals surface area contributed by atoms with Crippen LogP contribution in [0.2, 0.25) is 6.04 Å². The van der Waals surface area contributed by atoms with Crippen LogP contribution in [-0.2, 0) is 0 Å². The van der Waals surface area contributed by atoms with Crippen molar-refractivity contribution in [1.29, 1.82) is 0 Å². The highest BCUT2D eigenvalue weighted by molar-refractivity contribution is 6.98. The average Bonchev–Trinajstić information content (AvgIpc) is 1.27. The topological polar surface area (TPSA) is 20.2 Å². The smallest absolute Gasteiger partial charge is 0.153 e. The Hall–Kier alpha value is 0.134. The standard InChI is InChI=1S/C4H12OSi2/c1-4(2)3-7(5)6/h5,7H,1,3H2,2,6H3. The lowest BCUT2D eigenvalue weighted by Gasteiger charge is -1.97. The molecule has 0 heterocycles. The Labute approximate surface area is 49.0 Å². The summed E-state index contributed by atoms with van der Waals surface area (Å²) in [6, 6.07) is 0.923. The molecule has 7 heavy (non-hydrogen) atoms. The predicted octanol–water partition coefficient (Wildman–Crippen LogP) is -0.859. The molecule has 0 aromatic rings. The molecule has 0 bridgehead atoms. The fraction of sp³-hybridized carbons (Fsp3) is 0.500. The van der Waals surface area contributed by atoms with Gasteiger partial charge in [-0.1, -0.05) is 5.57 Å². The van der Waals surface area contributed by atoms with E-state index < -0.39 is 8.56 Å². The summed E-state index contributed by atoms with van der Waals surface area (Å²) >= 11 is 0. The molecule has 0 amide bonds. The van der Waals surface area contributed by atoms with Crippen LogP contribution in [0.5, 0.6) is 0 Å². The molecule has 0 rings (SSSR count). The first kappa shape index (κ1) is 7.13. The minimum Gasteiger partial charge on any atom is -0.438 e. The molecule has 0 aromatic carbocycles. The van der Waals surface area contributed by atoms with Crippen LogP contribution in [-0.4, -0.2) is 23.1 Å². The van der Waals surface area contributed by atoms with Gasteiger partial charge in [0, 0.05) is 9.76 Å². The van der Waals surface area contributed by atoms with Gasteiger partial charge in [0.25, 0.3) is 0 Å². The van der Waals surface area contributed by atoms with Crippen LogP contribution in [0.1, 0.15) is 6.92 Å².